The highest BCUT2D eigenvalue weighted by molar-refractivity contribution is 5.79. The van der Waals surface area contributed by atoms with Crippen LogP contribution in [0.3, 0.4) is 0 Å². The number of nitrogens with one attached hydrogen (secondary N) is 1. The van der Waals surface area contributed by atoms with Crippen molar-refractivity contribution < 1.29 is 0 Å². The fourth-order valence-electron chi connectivity index (χ4n) is 1.03. The van der Waals surface area contributed by atoms with Gasteiger partial charge in [0, 0.05) is 43.3 Å². The van der Waals surface area contributed by atoms with Gasteiger partial charge in [-0.1, -0.05) is 0 Å². The lowest BCUT2D eigenvalue weighted by atomic mass is 10.1. The number of nitrogens with two attached hydrogens (primary N) is 2. The molecule has 0 radical (unpaired) electrons. The van der Waals surface area contributed by atoms with Gasteiger partial charge in [0.25, 0.3) is 0 Å². The summed E-state index contributed by atoms with van der Waals surface area (Å²) in [4.78, 5) is 3.92. The molecule has 0 aromatic heterocycles. The van der Waals surface area contributed by atoms with E-state index in [1.54, 1.807) is 13.3 Å². The van der Waals surface area contributed by atoms with Gasteiger partial charge in [0.05, 0.1) is 0 Å². The van der Waals surface area contributed by atoms with Crippen LogP contribution < -0.4 is 16.8 Å². The fraction of sp³-hybridized carbons (Fsp3) is 0.545. The van der Waals surface area contributed by atoms with Gasteiger partial charge in [0.1, 0.15) is 0 Å². The maximum absolute atomic E-state index is 5.94. The maximum atomic E-state index is 5.94. The third-order valence-corrected chi connectivity index (χ3v) is 1.90. The molecule has 4 nitrogen and oxygen atoms in total. The van der Waals surface area contributed by atoms with Crippen LogP contribution in [0, 0.1) is 0 Å². The van der Waals surface area contributed by atoms with Crippen molar-refractivity contribution >= 4 is 6.21 Å². The number of nitrogens with zero attached hydrogens (tertiary/aromatic N) is 1. The molecule has 86 valence electrons. The van der Waals surface area contributed by atoms with Crippen LogP contribution in [0.25, 0.3) is 0 Å². The fourth-order valence-corrected chi connectivity index (χ4v) is 1.03. The molecule has 0 saturated carbocycles. The van der Waals surface area contributed by atoms with Crippen LogP contribution in [-0.4, -0.2) is 25.8 Å². The highest BCUT2D eigenvalue weighted by Crippen LogP contribution is 2.06. The van der Waals surface area contributed by atoms with E-state index in [9.17, 15) is 0 Å². The summed E-state index contributed by atoms with van der Waals surface area (Å²) < 4.78 is 0. The Bertz CT molecular complexity index is 274. The molecule has 0 aromatic carbocycles. The van der Waals surface area contributed by atoms with Crippen LogP contribution in [0.2, 0.25) is 0 Å². The second-order valence-corrected chi connectivity index (χ2v) is 3.68. The summed E-state index contributed by atoms with van der Waals surface area (Å²) >= 11 is 0. The molecule has 5 N–H and O–H groups in total. The minimum absolute atomic E-state index is 0.375. The molecule has 0 aliphatic carbocycles. The summed E-state index contributed by atoms with van der Waals surface area (Å²) in [6.45, 7) is 6.46. The molecule has 15 heavy (non-hydrogen) atoms. The number of hydrogen-bond donors (Lipinski definition) is 3. The number of aliphatic imine (C=N–C) groups is 1. The number of hydrogen-bond acceptors (Lipinski definition) is 4. The summed E-state index contributed by atoms with van der Waals surface area (Å²) in [6, 6.07) is 0.375. The highest BCUT2D eigenvalue weighted by Gasteiger charge is 2.02. The van der Waals surface area contributed by atoms with Crippen LogP contribution in [0.1, 0.15) is 20.8 Å². The molecular formula is C11H22N4. The lowest BCUT2D eigenvalue weighted by molar-refractivity contribution is 0.697. The van der Waals surface area contributed by atoms with Crippen molar-refractivity contribution in [2.45, 2.75) is 26.8 Å². The molecule has 0 aromatic rings. The monoisotopic (exact) mass is 210 g/mol. The van der Waals surface area contributed by atoms with Crippen LogP contribution in [0.5, 0.6) is 0 Å². The van der Waals surface area contributed by atoms with Crippen LogP contribution in [0.4, 0.5) is 0 Å². The normalized spacial score (nSPS) is 14.7. The zero-order valence-corrected chi connectivity index (χ0v) is 10.0. The summed E-state index contributed by atoms with van der Waals surface area (Å²) in [7, 11) is 1.72. The highest BCUT2D eigenvalue weighted by atomic mass is 14.9. The zero-order chi connectivity index (χ0) is 11.8. The Morgan fingerprint density at radius 1 is 1.47 bits per heavy atom. The molecule has 0 heterocycles. The lowest BCUT2D eigenvalue weighted by Crippen LogP contribution is -2.21. The molecule has 0 rings (SSSR count). The van der Waals surface area contributed by atoms with E-state index in [0.717, 1.165) is 11.1 Å². The first-order chi connectivity index (χ1) is 7.02. The van der Waals surface area contributed by atoms with Crippen molar-refractivity contribution in [1.29, 1.82) is 0 Å². The van der Waals surface area contributed by atoms with E-state index in [2.05, 4.69) is 24.2 Å². The van der Waals surface area contributed by atoms with E-state index in [4.69, 9.17) is 11.5 Å². The molecule has 0 fully saturated rings. The molecule has 0 spiro atoms. The second kappa shape index (κ2) is 7.06. The van der Waals surface area contributed by atoms with E-state index >= 15 is 0 Å². The number of rotatable bonds is 5. The predicted octanol–water partition coefficient (Wildman–Crippen LogP) is 0.760. The molecule has 0 unspecified atom stereocenters. The van der Waals surface area contributed by atoms with E-state index in [1.807, 2.05) is 13.1 Å². The van der Waals surface area contributed by atoms with E-state index in [-0.39, 0.29) is 0 Å². The minimum atomic E-state index is 0.375. The van der Waals surface area contributed by atoms with Gasteiger partial charge in [-0.05, 0) is 26.3 Å². The molecule has 0 aliphatic heterocycles. The Labute approximate surface area is 92.1 Å². The van der Waals surface area contributed by atoms with Crippen LogP contribution in [0.15, 0.2) is 28.0 Å². The Morgan fingerprint density at radius 2 is 2.07 bits per heavy atom. The number of allylic oxidation sites excluding steroid dienone is 1. The van der Waals surface area contributed by atoms with Crippen molar-refractivity contribution in [3.05, 3.63) is 23.0 Å². The lowest BCUT2D eigenvalue weighted by Gasteiger charge is -2.10. The molecule has 0 atom stereocenters. The van der Waals surface area contributed by atoms with Gasteiger partial charge in [0.2, 0.25) is 0 Å². The predicted molar refractivity (Wildman–Crippen MR) is 66.7 cm³/mol. The summed E-state index contributed by atoms with van der Waals surface area (Å²) in [5, 5.41) is 3.17. The van der Waals surface area contributed by atoms with Gasteiger partial charge in [-0.3, -0.25) is 4.99 Å². The van der Waals surface area contributed by atoms with Crippen molar-refractivity contribution in [2.75, 3.05) is 13.6 Å². The van der Waals surface area contributed by atoms with E-state index in [0.29, 0.717) is 18.3 Å². The van der Waals surface area contributed by atoms with Crippen molar-refractivity contribution in [3.63, 3.8) is 0 Å². The third-order valence-electron chi connectivity index (χ3n) is 1.90. The largest absolute Gasteiger partial charge is 0.398 e. The van der Waals surface area contributed by atoms with E-state index < -0.39 is 0 Å². The summed E-state index contributed by atoms with van der Waals surface area (Å²) in [5.41, 5.74) is 14.1. The minimum Gasteiger partial charge on any atom is -0.398 e. The smallest absolute Gasteiger partial charge is 0.0419 e. The van der Waals surface area contributed by atoms with Gasteiger partial charge in [-0.15, -0.1) is 0 Å². The van der Waals surface area contributed by atoms with Crippen molar-refractivity contribution in [2.24, 2.45) is 16.5 Å². The van der Waals surface area contributed by atoms with Gasteiger partial charge in [-0.25, -0.2) is 0 Å². The van der Waals surface area contributed by atoms with Crippen molar-refractivity contribution in [3.8, 4) is 0 Å². The zero-order valence-electron chi connectivity index (χ0n) is 10.0. The molecule has 0 saturated heterocycles. The second-order valence-electron chi connectivity index (χ2n) is 3.68. The molecule has 0 bridgehead atoms. The summed E-state index contributed by atoms with van der Waals surface area (Å²) in [5.74, 6) is 0. The first-order valence-electron chi connectivity index (χ1n) is 5.07. The first-order valence-corrected chi connectivity index (χ1v) is 5.07. The molecule has 4 heteroatoms. The average Bonchev–Trinajstić information content (AvgIpc) is 2.18. The van der Waals surface area contributed by atoms with Gasteiger partial charge < -0.3 is 16.8 Å². The topological polar surface area (TPSA) is 76.4 Å². The first kappa shape index (κ1) is 13.7. The van der Waals surface area contributed by atoms with Crippen molar-refractivity contribution in [1.82, 2.24) is 5.32 Å². The quantitative estimate of drug-likeness (QED) is 0.463. The molecule has 0 aliphatic rings. The standard InChI is InChI=1S/C11H22N4/c1-8(2)15-7-10(5-12)11(13)9(3)6-14-4/h6-8,15H,5,12-13H2,1-4H3/b10-7+,11-9-,14-6?. The third kappa shape index (κ3) is 5.22. The molecule has 0 amide bonds. The van der Waals surface area contributed by atoms with Crippen LogP contribution in [-0.2, 0) is 0 Å². The molecular weight excluding hydrogens is 188 g/mol. The maximum Gasteiger partial charge on any atom is 0.0419 e. The Balaban J connectivity index is 4.81. The SMILES string of the molecule is CN=C/C(C)=C(N)/C(=C/NC(C)C)CN. The van der Waals surface area contributed by atoms with E-state index in [1.165, 1.54) is 0 Å². The Kier molecular flexibility index (Phi) is 6.45. The van der Waals surface area contributed by atoms with Gasteiger partial charge >= 0.3 is 0 Å². The van der Waals surface area contributed by atoms with Gasteiger partial charge in [0.15, 0.2) is 0 Å². The summed E-state index contributed by atoms with van der Waals surface area (Å²) in [6.07, 6.45) is 3.60. The van der Waals surface area contributed by atoms with Gasteiger partial charge in [-0.2, -0.15) is 0 Å². The Hall–Kier alpha value is -1.29. The average molecular weight is 210 g/mol. The Morgan fingerprint density at radius 3 is 2.47 bits per heavy atom. The van der Waals surface area contributed by atoms with Crippen LogP contribution >= 0.6 is 0 Å².